The van der Waals surface area contributed by atoms with Gasteiger partial charge in [-0.25, -0.2) is 14.6 Å². The number of aromatic carboxylic acids is 2. The second-order valence-corrected chi connectivity index (χ2v) is 3.97. The summed E-state index contributed by atoms with van der Waals surface area (Å²) in [6, 6.07) is 0. The molecule has 0 aliphatic heterocycles. The Morgan fingerprint density at radius 3 is 2.38 bits per heavy atom. The number of nitrogens with zero attached hydrogens (tertiary/aromatic N) is 1. The molecule has 1 aromatic rings. The molecule has 6 heteroatoms. The van der Waals surface area contributed by atoms with Crippen LogP contribution in [-0.2, 0) is 0 Å². The van der Waals surface area contributed by atoms with Gasteiger partial charge in [0.1, 0.15) is 0 Å². The zero-order valence-corrected chi connectivity index (χ0v) is 8.64. The topological polar surface area (TPSA) is 101 Å². The van der Waals surface area contributed by atoms with E-state index in [1.807, 2.05) is 6.92 Å². The van der Waals surface area contributed by atoms with Crippen molar-refractivity contribution < 1.29 is 24.2 Å². The lowest BCUT2D eigenvalue weighted by molar-refractivity contribution is 0.0622. The van der Waals surface area contributed by atoms with Gasteiger partial charge in [-0.1, -0.05) is 6.92 Å². The van der Waals surface area contributed by atoms with E-state index < -0.39 is 23.4 Å². The predicted octanol–water partition coefficient (Wildman–Crippen LogP) is 1.58. The van der Waals surface area contributed by atoms with E-state index in [-0.39, 0.29) is 11.8 Å². The van der Waals surface area contributed by atoms with Crippen LogP contribution in [0.5, 0.6) is 0 Å². The average molecular weight is 225 g/mol. The Morgan fingerprint density at radius 2 is 2.00 bits per heavy atom. The lowest BCUT2D eigenvalue weighted by atomic mass is 10.1. The summed E-state index contributed by atoms with van der Waals surface area (Å²) in [5.74, 6) is -2.75. The van der Waals surface area contributed by atoms with Gasteiger partial charge in [0.15, 0.2) is 5.89 Å². The fraction of sp³-hybridized carbons (Fsp3) is 0.500. The van der Waals surface area contributed by atoms with Gasteiger partial charge in [-0.2, -0.15) is 0 Å². The molecule has 6 nitrogen and oxygen atoms in total. The van der Waals surface area contributed by atoms with Crippen LogP contribution < -0.4 is 0 Å². The number of carboxylic acids is 2. The van der Waals surface area contributed by atoms with Crippen molar-refractivity contribution >= 4 is 11.9 Å². The molecule has 1 aliphatic rings. The molecule has 0 spiro atoms. The van der Waals surface area contributed by atoms with E-state index in [9.17, 15) is 9.59 Å². The van der Waals surface area contributed by atoms with Gasteiger partial charge >= 0.3 is 11.9 Å². The summed E-state index contributed by atoms with van der Waals surface area (Å²) in [6.07, 6.45) is 2.10. The lowest BCUT2D eigenvalue weighted by Crippen LogP contribution is -2.06. The van der Waals surface area contributed by atoms with E-state index in [2.05, 4.69) is 4.98 Å². The van der Waals surface area contributed by atoms with Crippen LogP contribution in [0.3, 0.4) is 0 Å². The second-order valence-electron chi connectivity index (χ2n) is 3.97. The normalized spacial score (nSPS) is 17.1. The van der Waals surface area contributed by atoms with Crippen molar-refractivity contribution in [1.82, 2.24) is 4.98 Å². The Hall–Kier alpha value is -1.85. The van der Waals surface area contributed by atoms with Crippen molar-refractivity contribution in [2.75, 3.05) is 0 Å². The van der Waals surface area contributed by atoms with Crippen LogP contribution in [0, 0.1) is 5.92 Å². The molecule has 86 valence electrons. The van der Waals surface area contributed by atoms with Gasteiger partial charge in [0, 0.05) is 5.92 Å². The molecule has 0 amide bonds. The van der Waals surface area contributed by atoms with Gasteiger partial charge in [-0.3, -0.25) is 0 Å². The van der Waals surface area contributed by atoms with Crippen LogP contribution in [0.15, 0.2) is 4.42 Å². The molecule has 0 radical (unpaired) electrons. The van der Waals surface area contributed by atoms with Gasteiger partial charge in [0.2, 0.25) is 11.5 Å². The molecule has 2 rings (SSSR count). The standard InChI is InChI=1S/C10H11NO5/c1-4(5-2-3-5)8-11-6(9(12)13)7(16-8)10(14)15/h4-5H,2-3H2,1H3,(H,12,13)(H,14,15). The van der Waals surface area contributed by atoms with Crippen LogP contribution in [0.1, 0.15) is 52.6 Å². The molecule has 1 atom stereocenters. The zero-order valence-electron chi connectivity index (χ0n) is 8.64. The third-order valence-electron chi connectivity index (χ3n) is 2.76. The van der Waals surface area contributed by atoms with Crippen molar-refractivity contribution in [2.45, 2.75) is 25.7 Å². The summed E-state index contributed by atoms with van der Waals surface area (Å²) in [5.41, 5.74) is -0.519. The minimum atomic E-state index is -1.40. The van der Waals surface area contributed by atoms with Crippen LogP contribution >= 0.6 is 0 Å². The van der Waals surface area contributed by atoms with Crippen molar-refractivity contribution in [3.05, 3.63) is 17.3 Å². The number of rotatable bonds is 4. The van der Waals surface area contributed by atoms with Gasteiger partial charge in [0.05, 0.1) is 0 Å². The molecule has 0 aromatic carbocycles. The van der Waals surface area contributed by atoms with Gasteiger partial charge in [-0.05, 0) is 18.8 Å². The van der Waals surface area contributed by atoms with E-state index in [1.165, 1.54) is 0 Å². The van der Waals surface area contributed by atoms with Crippen LogP contribution in [0.2, 0.25) is 0 Å². The van der Waals surface area contributed by atoms with Crippen molar-refractivity contribution in [3.63, 3.8) is 0 Å². The molecule has 1 heterocycles. The minimum Gasteiger partial charge on any atom is -0.476 e. The average Bonchev–Trinajstić information content (AvgIpc) is 2.94. The molecular weight excluding hydrogens is 214 g/mol. The highest BCUT2D eigenvalue weighted by Crippen LogP contribution is 2.42. The first kappa shape index (κ1) is 10.7. The second kappa shape index (κ2) is 3.62. The maximum atomic E-state index is 10.8. The maximum Gasteiger partial charge on any atom is 0.374 e. The summed E-state index contributed by atoms with van der Waals surface area (Å²) in [7, 11) is 0. The third kappa shape index (κ3) is 1.78. The number of oxazole rings is 1. The molecule has 1 fully saturated rings. The summed E-state index contributed by atoms with van der Waals surface area (Å²) in [5, 5.41) is 17.5. The highest BCUT2D eigenvalue weighted by Gasteiger charge is 2.34. The fourth-order valence-corrected chi connectivity index (χ4v) is 1.62. The molecule has 1 aliphatic carbocycles. The smallest absolute Gasteiger partial charge is 0.374 e. The van der Waals surface area contributed by atoms with Gasteiger partial charge < -0.3 is 14.6 Å². The monoisotopic (exact) mass is 225 g/mol. The Bertz CT molecular complexity index is 415. The first-order valence-electron chi connectivity index (χ1n) is 4.98. The zero-order chi connectivity index (χ0) is 11.9. The highest BCUT2D eigenvalue weighted by molar-refractivity contribution is 5.98. The van der Waals surface area contributed by atoms with Crippen LogP contribution in [0.25, 0.3) is 0 Å². The van der Waals surface area contributed by atoms with Crippen LogP contribution in [0.4, 0.5) is 0 Å². The number of carbonyl (C=O) groups is 2. The molecule has 1 unspecified atom stereocenters. The van der Waals surface area contributed by atoms with E-state index in [0.717, 1.165) is 12.8 Å². The number of hydrogen-bond donors (Lipinski definition) is 2. The van der Waals surface area contributed by atoms with Crippen molar-refractivity contribution in [1.29, 1.82) is 0 Å². The molecule has 16 heavy (non-hydrogen) atoms. The lowest BCUT2D eigenvalue weighted by Gasteiger charge is -2.02. The largest absolute Gasteiger partial charge is 0.476 e. The molecule has 1 saturated carbocycles. The number of hydrogen-bond acceptors (Lipinski definition) is 4. The first-order chi connectivity index (χ1) is 7.50. The maximum absolute atomic E-state index is 10.8. The molecule has 0 bridgehead atoms. The van der Waals surface area contributed by atoms with Gasteiger partial charge in [0.25, 0.3) is 0 Å². The molecule has 0 saturated heterocycles. The quantitative estimate of drug-likeness (QED) is 0.806. The Kier molecular flexibility index (Phi) is 2.41. The van der Waals surface area contributed by atoms with Crippen molar-refractivity contribution in [2.24, 2.45) is 5.92 Å². The fourth-order valence-electron chi connectivity index (χ4n) is 1.62. The number of aromatic nitrogens is 1. The molecular formula is C10H11NO5. The first-order valence-corrected chi connectivity index (χ1v) is 4.98. The van der Waals surface area contributed by atoms with E-state index in [4.69, 9.17) is 14.6 Å². The molecule has 1 aromatic heterocycles. The Balaban J connectivity index is 2.37. The SMILES string of the molecule is CC(c1nc(C(=O)O)c(C(=O)O)o1)C1CC1. The minimum absolute atomic E-state index is 0.0220. The van der Waals surface area contributed by atoms with E-state index in [0.29, 0.717) is 5.92 Å². The van der Waals surface area contributed by atoms with Crippen LogP contribution in [-0.4, -0.2) is 27.1 Å². The number of carboxylic acid groups (broad SMARTS) is 2. The predicted molar refractivity (Wildman–Crippen MR) is 51.6 cm³/mol. The third-order valence-corrected chi connectivity index (χ3v) is 2.76. The Morgan fingerprint density at radius 1 is 1.38 bits per heavy atom. The summed E-state index contributed by atoms with van der Waals surface area (Å²) >= 11 is 0. The summed E-state index contributed by atoms with van der Waals surface area (Å²) in [6.45, 7) is 1.86. The summed E-state index contributed by atoms with van der Waals surface area (Å²) < 4.78 is 5.01. The summed E-state index contributed by atoms with van der Waals surface area (Å²) in [4.78, 5) is 25.3. The highest BCUT2D eigenvalue weighted by atomic mass is 16.4. The Labute approximate surface area is 90.9 Å². The van der Waals surface area contributed by atoms with Gasteiger partial charge in [-0.15, -0.1) is 0 Å². The molecule has 2 N–H and O–H groups in total. The van der Waals surface area contributed by atoms with Crippen molar-refractivity contribution in [3.8, 4) is 0 Å². The van der Waals surface area contributed by atoms with E-state index in [1.54, 1.807) is 0 Å². The van der Waals surface area contributed by atoms with E-state index >= 15 is 0 Å².